The van der Waals surface area contributed by atoms with E-state index in [1.807, 2.05) is 4.72 Å². The minimum atomic E-state index is -4.34. The number of carbonyl (C=O) groups is 1. The van der Waals surface area contributed by atoms with Crippen LogP contribution in [0.2, 0.25) is 0 Å². The Bertz CT molecular complexity index is 634. The highest BCUT2D eigenvalue weighted by Crippen LogP contribution is 2.19. The van der Waals surface area contributed by atoms with Gasteiger partial charge in [-0.05, 0) is 24.5 Å². The summed E-state index contributed by atoms with van der Waals surface area (Å²) >= 11 is 0. The van der Waals surface area contributed by atoms with Gasteiger partial charge in [0.1, 0.15) is 4.90 Å². The maximum atomic E-state index is 13.4. The number of benzene rings is 1. The number of halogens is 3. The smallest absolute Gasteiger partial charge is 0.303 e. The predicted octanol–water partition coefficient (Wildman–Crippen LogP) is 1.88. The van der Waals surface area contributed by atoms with Gasteiger partial charge in [-0.15, -0.1) is 0 Å². The van der Waals surface area contributed by atoms with Crippen molar-refractivity contribution in [3.05, 3.63) is 29.6 Å². The molecule has 0 spiro atoms. The van der Waals surface area contributed by atoms with Gasteiger partial charge in [0, 0.05) is 13.0 Å². The quantitative estimate of drug-likeness (QED) is 0.750. The number of sulfonamides is 1. The first-order valence-corrected chi connectivity index (χ1v) is 7.48. The van der Waals surface area contributed by atoms with Gasteiger partial charge in [0.15, 0.2) is 17.5 Å². The van der Waals surface area contributed by atoms with Crippen LogP contribution in [0.3, 0.4) is 0 Å². The molecule has 0 aromatic heterocycles. The maximum Gasteiger partial charge on any atom is 0.303 e. The van der Waals surface area contributed by atoms with Crippen LogP contribution in [0.15, 0.2) is 17.0 Å². The molecule has 2 N–H and O–H groups in total. The molecule has 0 aliphatic heterocycles. The molecular formula is C12H14F3NO4S. The van der Waals surface area contributed by atoms with Crippen molar-refractivity contribution >= 4 is 16.0 Å². The summed E-state index contributed by atoms with van der Waals surface area (Å²) in [6.45, 7) is 1.46. The van der Waals surface area contributed by atoms with Crippen LogP contribution in [0.25, 0.3) is 0 Å². The van der Waals surface area contributed by atoms with E-state index in [0.29, 0.717) is 12.1 Å². The van der Waals surface area contributed by atoms with Crippen molar-refractivity contribution in [1.29, 1.82) is 0 Å². The van der Waals surface area contributed by atoms with Gasteiger partial charge in [0.25, 0.3) is 0 Å². The third kappa shape index (κ3) is 4.71. The summed E-state index contributed by atoms with van der Waals surface area (Å²) in [5.74, 6) is -6.47. The van der Waals surface area contributed by atoms with E-state index < -0.39 is 38.3 Å². The molecule has 0 saturated carbocycles. The second-order valence-electron chi connectivity index (χ2n) is 4.56. The van der Waals surface area contributed by atoms with E-state index >= 15 is 0 Å². The molecule has 0 aliphatic carbocycles. The normalized spacial score (nSPS) is 13.1. The first-order chi connectivity index (χ1) is 9.65. The minimum Gasteiger partial charge on any atom is -0.481 e. The van der Waals surface area contributed by atoms with E-state index in [1.165, 1.54) is 0 Å². The fourth-order valence-electron chi connectivity index (χ4n) is 1.52. The number of rotatable bonds is 7. The molecule has 1 aromatic carbocycles. The summed E-state index contributed by atoms with van der Waals surface area (Å²) in [7, 11) is -4.34. The van der Waals surface area contributed by atoms with Crippen molar-refractivity contribution in [3.63, 3.8) is 0 Å². The zero-order chi connectivity index (χ0) is 16.2. The lowest BCUT2D eigenvalue weighted by Crippen LogP contribution is -2.29. The summed E-state index contributed by atoms with van der Waals surface area (Å²) in [5.41, 5.74) is 0. The Balaban J connectivity index is 2.79. The number of hydrogen-bond donors (Lipinski definition) is 2. The molecule has 21 heavy (non-hydrogen) atoms. The van der Waals surface area contributed by atoms with Crippen LogP contribution in [0.5, 0.6) is 0 Å². The van der Waals surface area contributed by atoms with Crippen LogP contribution in [0.1, 0.15) is 19.8 Å². The molecule has 0 radical (unpaired) electrons. The lowest BCUT2D eigenvalue weighted by Gasteiger charge is -2.12. The third-order valence-electron chi connectivity index (χ3n) is 2.76. The van der Waals surface area contributed by atoms with Gasteiger partial charge in [-0.25, -0.2) is 26.3 Å². The SMILES string of the molecule is CC(CCC(=O)O)CNS(=O)(=O)c1ccc(F)c(F)c1F. The zero-order valence-corrected chi connectivity index (χ0v) is 11.9. The highest BCUT2D eigenvalue weighted by atomic mass is 32.2. The average Bonchev–Trinajstić information content (AvgIpc) is 2.40. The summed E-state index contributed by atoms with van der Waals surface area (Å²) < 4.78 is 64.8. The van der Waals surface area contributed by atoms with E-state index in [1.54, 1.807) is 6.92 Å². The van der Waals surface area contributed by atoms with Crippen LogP contribution < -0.4 is 4.72 Å². The highest BCUT2D eigenvalue weighted by Gasteiger charge is 2.24. The number of carboxylic acid groups (broad SMARTS) is 1. The van der Waals surface area contributed by atoms with Crippen molar-refractivity contribution in [2.75, 3.05) is 6.54 Å². The Labute approximate surface area is 119 Å². The summed E-state index contributed by atoms with van der Waals surface area (Å²) in [4.78, 5) is 9.38. The molecule has 0 amide bonds. The molecular weight excluding hydrogens is 311 g/mol. The Kier molecular flexibility index (Phi) is 5.73. The fourth-order valence-corrected chi connectivity index (χ4v) is 2.75. The summed E-state index contributed by atoms with van der Waals surface area (Å²) in [6, 6.07) is 1.14. The molecule has 1 rings (SSSR count). The van der Waals surface area contributed by atoms with Gasteiger partial charge in [0.2, 0.25) is 10.0 Å². The number of carboxylic acids is 1. The molecule has 1 aromatic rings. The van der Waals surface area contributed by atoms with Gasteiger partial charge in [-0.3, -0.25) is 4.79 Å². The van der Waals surface area contributed by atoms with E-state index in [9.17, 15) is 26.4 Å². The zero-order valence-electron chi connectivity index (χ0n) is 11.1. The molecule has 0 fully saturated rings. The van der Waals surface area contributed by atoms with E-state index in [2.05, 4.69) is 0 Å². The van der Waals surface area contributed by atoms with Crippen molar-refractivity contribution in [3.8, 4) is 0 Å². The summed E-state index contributed by atoms with van der Waals surface area (Å²) in [5, 5.41) is 8.50. The Hall–Kier alpha value is -1.61. The van der Waals surface area contributed by atoms with Crippen molar-refractivity contribution in [1.82, 2.24) is 4.72 Å². The molecule has 0 saturated heterocycles. The second kappa shape index (κ2) is 6.90. The topological polar surface area (TPSA) is 83.5 Å². The number of hydrogen-bond acceptors (Lipinski definition) is 3. The van der Waals surface area contributed by atoms with Crippen LogP contribution in [-0.4, -0.2) is 26.0 Å². The van der Waals surface area contributed by atoms with Gasteiger partial charge < -0.3 is 5.11 Å². The first-order valence-electron chi connectivity index (χ1n) is 6.00. The Morgan fingerprint density at radius 1 is 1.29 bits per heavy atom. The standard InChI is InChI=1S/C12H14F3NO4S/c1-7(2-5-10(17)18)6-16-21(19,20)9-4-3-8(13)11(14)12(9)15/h3-4,7,16H,2,5-6H2,1H3,(H,17,18). The molecule has 1 atom stereocenters. The fraction of sp³-hybridized carbons (Fsp3) is 0.417. The lowest BCUT2D eigenvalue weighted by molar-refractivity contribution is -0.137. The molecule has 0 aliphatic rings. The van der Waals surface area contributed by atoms with Crippen LogP contribution in [-0.2, 0) is 14.8 Å². The van der Waals surface area contributed by atoms with Gasteiger partial charge in [-0.2, -0.15) is 0 Å². The van der Waals surface area contributed by atoms with Crippen LogP contribution in [0.4, 0.5) is 13.2 Å². The Morgan fingerprint density at radius 3 is 2.48 bits per heavy atom. The molecule has 9 heteroatoms. The van der Waals surface area contributed by atoms with Crippen molar-refractivity contribution < 1.29 is 31.5 Å². The average molecular weight is 325 g/mol. The van der Waals surface area contributed by atoms with E-state index in [-0.39, 0.29) is 25.3 Å². The molecule has 5 nitrogen and oxygen atoms in total. The van der Waals surface area contributed by atoms with E-state index in [4.69, 9.17) is 5.11 Å². The predicted molar refractivity (Wildman–Crippen MR) is 67.5 cm³/mol. The number of aliphatic carboxylic acids is 1. The maximum absolute atomic E-state index is 13.4. The minimum absolute atomic E-state index is 0.136. The third-order valence-corrected chi connectivity index (χ3v) is 4.20. The monoisotopic (exact) mass is 325 g/mol. The van der Waals surface area contributed by atoms with E-state index in [0.717, 1.165) is 0 Å². The van der Waals surface area contributed by atoms with Gasteiger partial charge in [0.05, 0.1) is 0 Å². The Morgan fingerprint density at radius 2 is 1.90 bits per heavy atom. The second-order valence-corrected chi connectivity index (χ2v) is 6.30. The van der Waals surface area contributed by atoms with Crippen molar-refractivity contribution in [2.45, 2.75) is 24.7 Å². The van der Waals surface area contributed by atoms with Gasteiger partial charge in [-0.1, -0.05) is 6.92 Å². The number of nitrogens with one attached hydrogen (secondary N) is 1. The largest absolute Gasteiger partial charge is 0.481 e. The van der Waals surface area contributed by atoms with Crippen LogP contribution >= 0.6 is 0 Å². The molecule has 1 unspecified atom stereocenters. The highest BCUT2D eigenvalue weighted by molar-refractivity contribution is 7.89. The first kappa shape index (κ1) is 17.4. The van der Waals surface area contributed by atoms with Gasteiger partial charge >= 0.3 is 5.97 Å². The van der Waals surface area contributed by atoms with Crippen molar-refractivity contribution in [2.24, 2.45) is 5.92 Å². The lowest BCUT2D eigenvalue weighted by atomic mass is 10.1. The summed E-state index contributed by atoms with van der Waals surface area (Å²) in [6.07, 6.45) is 0.0839. The molecule has 118 valence electrons. The molecule has 0 bridgehead atoms. The van der Waals surface area contributed by atoms with Crippen LogP contribution in [0, 0.1) is 23.4 Å². The molecule has 0 heterocycles.